The molecule has 6 saturated heterocycles. The van der Waals surface area contributed by atoms with Crippen LogP contribution in [0, 0.1) is 0 Å². The van der Waals surface area contributed by atoms with Crippen molar-refractivity contribution in [3.63, 3.8) is 0 Å². The molecule has 0 spiro atoms. The van der Waals surface area contributed by atoms with Gasteiger partial charge in [-0.3, -0.25) is 43.5 Å². The molecule has 25 nitrogen and oxygen atoms in total. The number of anilines is 2. The van der Waals surface area contributed by atoms with Crippen LogP contribution in [-0.4, -0.2) is 205 Å². The van der Waals surface area contributed by atoms with Gasteiger partial charge in [-0.05, 0) is 184 Å². The summed E-state index contributed by atoms with van der Waals surface area (Å²) in [4.78, 5) is 103. The zero-order chi connectivity index (χ0) is 87.5. The number of hydrogen-bond donors (Lipinski definition) is 2. The Morgan fingerprint density at radius 1 is 0.391 bits per heavy atom. The number of rotatable bonds is 29. The van der Waals surface area contributed by atoms with Crippen LogP contribution in [0.5, 0.6) is 0 Å². The van der Waals surface area contributed by atoms with Crippen LogP contribution >= 0.6 is 11.6 Å². The van der Waals surface area contributed by atoms with E-state index in [1.807, 2.05) is 147 Å². The van der Waals surface area contributed by atoms with Gasteiger partial charge in [0.05, 0.1) is 92.5 Å². The predicted molar refractivity (Wildman–Crippen MR) is 501 cm³/mol. The van der Waals surface area contributed by atoms with Crippen LogP contribution in [0.2, 0.25) is 5.15 Å². The zero-order valence-corrected chi connectivity index (χ0v) is 79.3. The maximum absolute atomic E-state index is 14.5. The van der Waals surface area contributed by atoms with Gasteiger partial charge in [-0.25, -0.2) is 15.0 Å². The van der Waals surface area contributed by atoms with Crippen molar-refractivity contribution in [3.8, 4) is 0 Å². The third kappa shape index (κ3) is 26.1. The first-order valence-electron chi connectivity index (χ1n) is 48.3. The molecule has 27 heteroatoms. The molecule has 3 N–H and O–H groups in total. The normalized spacial score (nSPS) is 23.0. The van der Waals surface area contributed by atoms with E-state index < -0.39 is 5.97 Å². The Labute approximate surface area is 783 Å². The minimum absolute atomic E-state index is 0. The van der Waals surface area contributed by atoms with E-state index in [2.05, 4.69) is 30.0 Å². The number of benzene rings is 5. The van der Waals surface area contributed by atoms with Crippen LogP contribution in [-0.2, 0) is 51.3 Å². The van der Waals surface area contributed by atoms with E-state index >= 15 is 0 Å². The van der Waals surface area contributed by atoms with Crippen molar-refractivity contribution >= 4 is 74.2 Å². The van der Waals surface area contributed by atoms with Gasteiger partial charge in [-0.1, -0.05) is 205 Å². The maximum atomic E-state index is 14.5. The van der Waals surface area contributed by atoms with Crippen LogP contribution < -0.4 is 61.4 Å². The molecule has 128 heavy (non-hydrogen) atoms. The standard InChI is InChI=1S/C36H48N4O4.C29H42N4O4.C23H30ClN3O.C13H19NO3.Na.H2O/c1-2-44-34(41)25-38(21-22-43-26-27-13-7-6-8-14-27)35-36(42)40(33-18-12-11-17-32(33)37-35)31-23-29-19-20-30(24-31)39(29)28-15-9-4-3-5-10-16-28;1-2-37-27(35)20-31(16-17-34)28-29(36)33(26-13-9-8-12-25(26)30-28)24-18-22-14-15-23(19-24)32(22)21-10-6-4-3-5-7-11-21;24-22-23(28)27(21-11-7-6-10-20(21)25-22)19-14-17-12-13-18(15-19)26(17)16-8-4-2-1-3-5-9-16;1-2-17-13(15)10-14-8-9-16-11-12-6-4-3-5-7-12;;/h6-8,11-14,17-18,28-31H,2-5,9-10,15-16,19-26H2,1H3;8-9,12-13,21-24,34H,2-7,10-11,14-20H2,1H3;6-7,10-11,16-19H,1-5,8-9,12-15H2;3-7,14H,2,8-11H2,1H3;;1H2/q;;;;+1;/p-1/t29-,30+,31?;22-,23+,24?;17-,18+,19?;;;. The van der Waals surface area contributed by atoms with Crippen LogP contribution in [0.25, 0.3) is 33.1 Å². The van der Waals surface area contributed by atoms with Crippen molar-refractivity contribution in [2.75, 3.05) is 88.7 Å². The van der Waals surface area contributed by atoms with Gasteiger partial charge in [0, 0.05) is 92.1 Å². The van der Waals surface area contributed by atoms with Crippen molar-refractivity contribution in [1.29, 1.82) is 0 Å². The number of para-hydroxylation sites is 6. The summed E-state index contributed by atoms with van der Waals surface area (Å²) in [7, 11) is 0. The molecule has 3 unspecified atom stereocenters. The van der Waals surface area contributed by atoms with Crippen LogP contribution in [0.1, 0.15) is 262 Å². The van der Waals surface area contributed by atoms with E-state index in [1.54, 1.807) is 30.6 Å². The fourth-order valence-electron chi connectivity index (χ4n) is 22.7. The Morgan fingerprint density at radius 2 is 0.703 bits per heavy atom. The molecule has 0 radical (unpaired) electrons. The van der Waals surface area contributed by atoms with Gasteiger partial charge in [0.25, 0.3) is 16.7 Å². The van der Waals surface area contributed by atoms with Crippen molar-refractivity contribution < 1.29 is 78.2 Å². The number of piperidine rings is 3. The number of esters is 3. The van der Waals surface area contributed by atoms with Crippen molar-refractivity contribution in [2.45, 2.75) is 318 Å². The zero-order valence-electron chi connectivity index (χ0n) is 76.5. The monoisotopic (exact) mass is 1790 g/mol. The number of nitrogens with zero attached hydrogens (tertiary/aromatic N) is 11. The van der Waals surface area contributed by atoms with Crippen molar-refractivity contribution in [1.82, 2.24) is 48.7 Å². The van der Waals surface area contributed by atoms with Gasteiger partial charge in [0.1, 0.15) is 13.1 Å². The van der Waals surface area contributed by atoms with Gasteiger partial charge < -0.3 is 63.1 Å². The Kier molecular flexibility index (Phi) is 39.6. The van der Waals surface area contributed by atoms with Crippen molar-refractivity contribution in [3.05, 3.63) is 181 Å². The smallest absolute Gasteiger partial charge is 0.870 e. The fraction of sp³-hybridized carbons (Fsp3) is 0.614. The SMILES string of the molecule is CCOC(=O)CN(CCO)c1nc2ccccc2n(C2C[C@H]3CC[C@@H](C2)N3C2CCCCCCC2)c1=O.CCOC(=O)CN(CCOCc1ccccc1)c1nc2ccccc2n(C2C[C@H]3CC[C@@H](C2)N3C2CCCCCCC2)c1=O.CCOC(=O)CNCCOCc1ccccc1.O=c1c(Cl)nc2ccccc2n1C1C[C@H]2CC[C@@H](C1)N2C1CCCCCCC1.[Na+].[OH-]. The Bertz CT molecular complexity index is 4910. The first kappa shape index (κ1) is 99.5. The molecule has 9 atom stereocenters. The van der Waals surface area contributed by atoms with Crippen molar-refractivity contribution in [2.24, 2.45) is 0 Å². The maximum Gasteiger partial charge on any atom is 1.00 e. The molecule has 0 amide bonds. The second-order valence-corrected chi connectivity index (χ2v) is 36.7. The number of fused-ring (bicyclic) bond motifs is 9. The summed E-state index contributed by atoms with van der Waals surface area (Å²) in [6.45, 7) is 9.36. The molecule has 3 saturated carbocycles. The van der Waals surface area contributed by atoms with E-state index in [0.29, 0.717) is 100 Å². The Morgan fingerprint density at radius 3 is 1.06 bits per heavy atom. The molecule has 6 bridgehead atoms. The van der Waals surface area contributed by atoms with E-state index in [-0.39, 0.29) is 139 Å². The van der Waals surface area contributed by atoms with Crippen LogP contribution in [0.4, 0.5) is 11.6 Å². The number of carbonyl (C=O) groups is 3. The molecule has 5 aromatic carbocycles. The third-order valence-corrected chi connectivity index (χ3v) is 28.4. The average Bonchev–Trinajstić information content (AvgIpc) is 1.36. The number of ether oxygens (including phenoxy) is 5. The summed E-state index contributed by atoms with van der Waals surface area (Å²) >= 11 is 6.23. The number of aliphatic hydroxyl groups excluding tert-OH is 1. The molecule has 9 fully saturated rings. The third-order valence-electron chi connectivity index (χ3n) is 28.1. The topological polar surface area (TPSA) is 280 Å². The van der Waals surface area contributed by atoms with Gasteiger partial charge in [-0.15, -0.1) is 0 Å². The van der Waals surface area contributed by atoms with E-state index in [1.165, 1.54) is 173 Å². The average molecular weight is 1790 g/mol. The molecule has 3 aliphatic carbocycles. The molecular weight excluding hydrogens is 1650 g/mol. The molecule has 6 aliphatic heterocycles. The van der Waals surface area contributed by atoms with E-state index in [0.717, 1.165) is 88.8 Å². The largest absolute Gasteiger partial charge is 1.00 e. The summed E-state index contributed by atoms with van der Waals surface area (Å²) in [5.74, 6) is -0.509. The Hall–Kier alpha value is -7.50. The fourth-order valence-corrected chi connectivity index (χ4v) is 22.9. The quantitative estimate of drug-likeness (QED) is 0.0191. The summed E-state index contributed by atoms with van der Waals surface area (Å²) in [6, 6.07) is 49.5. The first-order valence-corrected chi connectivity index (χ1v) is 48.7. The number of hydrogen-bond acceptors (Lipinski definition) is 22. The van der Waals surface area contributed by atoms with E-state index in [9.17, 15) is 33.9 Å². The minimum atomic E-state index is -0.428. The molecule has 17 rings (SSSR count). The number of nitrogens with one attached hydrogen (secondary N) is 1. The van der Waals surface area contributed by atoms with Gasteiger partial charge in [0.2, 0.25) is 0 Å². The first-order chi connectivity index (χ1) is 61.8. The molecule has 9 heterocycles. The molecule has 9 aliphatic rings. The van der Waals surface area contributed by atoms with Gasteiger partial charge >= 0.3 is 47.5 Å². The van der Waals surface area contributed by atoms with Gasteiger partial charge in [0.15, 0.2) is 16.8 Å². The summed E-state index contributed by atoms with van der Waals surface area (Å²) in [5, 5.41) is 12.8. The second-order valence-electron chi connectivity index (χ2n) is 36.4. The molecular formula is C101H140ClN12NaO13. The number of halogens is 1. The molecule has 8 aromatic rings. The number of aliphatic hydroxyl groups is 1. The van der Waals surface area contributed by atoms with Crippen LogP contribution in [0.3, 0.4) is 0 Å². The minimum Gasteiger partial charge on any atom is -0.870 e. The second kappa shape index (κ2) is 50.9. The summed E-state index contributed by atoms with van der Waals surface area (Å²) < 4.78 is 32.6. The predicted octanol–water partition coefficient (Wildman–Crippen LogP) is 13.8. The molecule has 690 valence electrons. The summed E-state index contributed by atoms with van der Waals surface area (Å²) in [6.07, 6.45) is 42.0. The van der Waals surface area contributed by atoms with E-state index in [4.69, 9.17) is 40.3 Å². The Balaban J connectivity index is 0.000000161. The number of aromatic nitrogens is 6. The summed E-state index contributed by atoms with van der Waals surface area (Å²) in [5.41, 5.74) is 6.79. The molecule has 3 aromatic heterocycles. The van der Waals surface area contributed by atoms with Crippen LogP contribution in [0.15, 0.2) is 148 Å². The van der Waals surface area contributed by atoms with Gasteiger partial charge in [-0.2, -0.15) is 0 Å². The number of carbonyl (C=O) groups excluding carboxylic acids is 3.